The van der Waals surface area contributed by atoms with E-state index in [9.17, 15) is 0 Å². The summed E-state index contributed by atoms with van der Waals surface area (Å²) in [5.41, 5.74) is 3.24. The Balaban J connectivity index is 2.21. The second-order valence-corrected chi connectivity index (χ2v) is 6.87. The van der Waals surface area contributed by atoms with E-state index in [-0.39, 0.29) is 0 Å². The van der Waals surface area contributed by atoms with Gasteiger partial charge in [-0.25, -0.2) is 0 Å². The number of rotatable bonds is 2. The third-order valence-corrected chi connectivity index (χ3v) is 4.96. The Bertz CT molecular complexity index is 892. The lowest BCUT2D eigenvalue weighted by atomic mass is 9.99. The number of benzene rings is 2. The largest absolute Gasteiger partial charge is 0.254 e. The van der Waals surface area contributed by atoms with Crippen molar-refractivity contribution in [3.05, 3.63) is 73.8 Å². The summed E-state index contributed by atoms with van der Waals surface area (Å²) < 4.78 is 0. The topological polar surface area (TPSA) is 12.9 Å². The molecular weight excluding hydrogens is 395 g/mol. The van der Waals surface area contributed by atoms with Gasteiger partial charge in [0.05, 0.1) is 30.8 Å². The maximum absolute atomic E-state index is 6.12. The number of pyridine rings is 1. The fourth-order valence-electron chi connectivity index (χ4n) is 2.20. The molecule has 0 radical (unpaired) electrons. The highest BCUT2D eigenvalue weighted by molar-refractivity contribution is 6.42. The molecule has 0 bridgehead atoms. The summed E-state index contributed by atoms with van der Waals surface area (Å²) in [4.78, 5) is 4.44. The van der Waals surface area contributed by atoms with Crippen LogP contribution in [0.2, 0.25) is 25.1 Å². The van der Waals surface area contributed by atoms with Crippen LogP contribution in [0.5, 0.6) is 0 Å². The molecule has 3 aromatic rings. The molecule has 3 rings (SSSR count). The normalized spacial score (nSPS) is 10.8. The van der Waals surface area contributed by atoms with E-state index in [0.29, 0.717) is 25.1 Å². The maximum atomic E-state index is 6.12. The molecule has 6 heteroatoms. The highest BCUT2D eigenvalue weighted by Gasteiger charge is 2.13. The lowest BCUT2D eigenvalue weighted by Gasteiger charge is -2.11. The zero-order valence-corrected chi connectivity index (χ0v) is 15.2. The van der Waals surface area contributed by atoms with Gasteiger partial charge in [-0.3, -0.25) is 4.98 Å². The molecule has 0 unspecified atom stereocenters. The fourth-order valence-corrected chi connectivity index (χ4v) is 2.95. The molecule has 0 fully saturated rings. The van der Waals surface area contributed by atoms with Crippen LogP contribution in [-0.2, 0) is 0 Å². The first-order valence-corrected chi connectivity index (χ1v) is 8.41. The standard InChI is InChI=1S/C17H8Cl5N/c18-11-7-12(9-1-3-13(19)15(21)5-9)17(23-8-11)10-2-4-14(20)16(22)6-10/h1-8H. The summed E-state index contributed by atoms with van der Waals surface area (Å²) in [6.45, 7) is 0. The fraction of sp³-hybridized carbons (Fsp3) is 0. The second kappa shape index (κ2) is 6.88. The third kappa shape index (κ3) is 3.60. The van der Waals surface area contributed by atoms with Crippen molar-refractivity contribution in [1.82, 2.24) is 4.98 Å². The van der Waals surface area contributed by atoms with Gasteiger partial charge in [0.15, 0.2) is 0 Å². The number of nitrogens with zero attached hydrogens (tertiary/aromatic N) is 1. The number of aromatic nitrogens is 1. The van der Waals surface area contributed by atoms with E-state index in [2.05, 4.69) is 4.98 Å². The van der Waals surface area contributed by atoms with Crippen molar-refractivity contribution in [2.45, 2.75) is 0 Å². The molecule has 0 aliphatic rings. The maximum Gasteiger partial charge on any atom is 0.0781 e. The van der Waals surface area contributed by atoms with Crippen molar-refractivity contribution in [2.75, 3.05) is 0 Å². The van der Waals surface area contributed by atoms with Crippen LogP contribution in [0.4, 0.5) is 0 Å². The number of halogens is 5. The molecule has 0 amide bonds. The van der Waals surface area contributed by atoms with Gasteiger partial charge < -0.3 is 0 Å². The summed E-state index contributed by atoms with van der Waals surface area (Å²) in [5, 5.41) is 2.42. The molecule has 1 heterocycles. The lowest BCUT2D eigenvalue weighted by Crippen LogP contribution is -1.90. The van der Waals surface area contributed by atoms with Gasteiger partial charge in [0.1, 0.15) is 0 Å². The van der Waals surface area contributed by atoms with Crippen LogP contribution in [0.25, 0.3) is 22.4 Å². The van der Waals surface area contributed by atoms with E-state index < -0.39 is 0 Å². The minimum atomic E-state index is 0.459. The average molecular weight is 404 g/mol. The van der Waals surface area contributed by atoms with Crippen LogP contribution < -0.4 is 0 Å². The minimum absolute atomic E-state index is 0.459. The molecule has 1 nitrogen and oxygen atoms in total. The first-order valence-electron chi connectivity index (χ1n) is 6.52. The van der Waals surface area contributed by atoms with Crippen molar-refractivity contribution in [1.29, 1.82) is 0 Å². The molecular formula is C17H8Cl5N. The molecule has 23 heavy (non-hydrogen) atoms. The number of hydrogen-bond acceptors (Lipinski definition) is 1. The zero-order chi connectivity index (χ0) is 16.6. The van der Waals surface area contributed by atoms with E-state index in [1.54, 1.807) is 30.5 Å². The summed E-state index contributed by atoms with van der Waals surface area (Å²) in [6.07, 6.45) is 1.58. The van der Waals surface area contributed by atoms with Crippen LogP contribution in [0.1, 0.15) is 0 Å². The van der Waals surface area contributed by atoms with E-state index in [1.807, 2.05) is 18.2 Å². The Morgan fingerprint density at radius 2 is 1.17 bits per heavy atom. The van der Waals surface area contributed by atoms with Gasteiger partial charge >= 0.3 is 0 Å². The van der Waals surface area contributed by atoms with E-state index >= 15 is 0 Å². The van der Waals surface area contributed by atoms with E-state index in [0.717, 1.165) is 22.4 Å². The summed E-state index contributed by atoms with van der Waals surface area (Å²) in [6, 6.07) is 12.5. The Morgan fingerprint density at radius 3 is 1.78 bits per heavy atom. The molecule has 0 N–H and O–H groups in total. The van der Waals surface area contributed by atoms with Crippen molar-refractivity contribution in [3.8, 4) is 22.4 Å². The average Bonchev–Trinajstić information content (AvgIpc) is 2.53. The van der Waals surface area contributed by atoms with Gasteiger partial charge in [-0.05, 0) is 35.9 Å². The van der Waals surface area contributed by atoms with E-state index in [4.69, 9.17) is 58.0 Å². The smallest absolute Gasteiger partial charge is 0.0781 e. The third-order valence-electron chi connectivity index (χ3n) is 3.28. The van der Waals surface area contributed by atoms with Crippen molar-refractivity contribution < 1.29 is 0 Å². The van der Waals surface area contributed by atoms with Gasteiger partial charge in [-0.15, -0.1) is 0 Å². The highest BCUT2D eigenvalue weighted by atomic mass is 35.5. The van der Waals surface area contributed by atoms with Gasteiger partial charge in [-0.1, -0.05) is 70.1 Å². The second-order valence-electron chi connectivity index (χ2n) is 4.81. The molecule has 1 aromatic heterocycles. The van der Waals surface area contributed by atoms with Crippen LogP contribution >= 0.6 is 58.0 Å². The predicted molar refractivity (Wildman–Crippen MR) is 100 cm³/mol. The van der Waals surface area contributed by atoms with Crippen molar-refractivity contribution >= 4 is 58.0 Å². The molecule has 0 saturated heterocycles. The first-order chi connectivity index (χ1) is 11.0. The molecule has 116 valence electrons. The van der Waals surface area contributed by atoms with E-state index in [1.165, 1.54) is 0 Å². The Morgan fingerprint density at radius 1 is 0.609 bits per heavy atom. The van der Waals surface area contributed by atoms with Crippen LogP contribution in [0, 0.1) is 0 Å². The SMILES string of the molecule is Clc1cnc(-c2ccc(Cl)c(Cl)c2)c(-c2ccc(Cl)c(Cl)c2)c1. The molecule has 0 aliphatic carbocycles. The Kier molecular flexibility index (Phi) is 5.05. The lowest BCUT2D eigenvalue weighted by molar-refractivity contribution is 1.32. The van der Waals surface area contributed by atoms with Crippen LogP contribution in [-0.4, -0.2) is 4.98 Å². The molecule has 0 spiro atoms. The predicted octanol–water partition coefficient (Wildman–Crippen LogP) is 7.68. The highest BCUT2D eigenvalue weighted by Crippen LogP contribution is 2.37. The quantitative estimate of drug-likeness (QED) is 0.427. The van der Waals surface area contributed by atoms with Crippen LogP contribution in [0.15, 0.2) is 48.7 Å². The summed E-state index contributed by atoms with van der Waals surface area (Å²) in [5.74, 6) is 0. The van der Waals surface area contributed by atoms with Crippen LogP contribution in [0.3, 0.4) is 0 Å². The molecule has 2 aromatic carbocycles. The monoisotopic (exact) mass is 401 g/mol. The van der Waals surface area contributed by atoms with Gasteiger partial charge in [0.25, 0.3) is 0 Å². The summed E-state index contributed by atoms with van der Waals surface area (Å²) in [7, 11) is 0. The van der Waals surface area contributed by atoms with Gasteiger partial charge in [0, 0.05) is 17.3 Å². The molecule has 0 saturated carbocycles. The van der Waals surface area contributed by atoms with Crippen molar-refractivity contribution in [3.63, 3.8) is 0 Å². The number of hydrogen-bond donors (Lipinski definition) is 0. The van der Waals surface area contributed by atoms with Gasteiger partial charge in [0.2, 0.25) is 0 Å². The Labute approximate surface area is 158 Å². The molecule has 0 aliphatic heterocycles. The first kappa shape index (κ1) is 16.9. The van der Waals surface area contributed by atoms with Crippen molar-refractivity contribution in [2.24, 2.45) is 0 Å². The minimum Gasteiger partial charge on any atom is -0.254 e. The molecule has 0 atom stereocenters. The van der Waals surface area contributed by atoms with Gasteiger partial charge in [-0.2, -0.15) is 0 Å². The zero-order valence-electron chi connectivity index (χ0n) is 11.5. The summed E-state index contributed by atoms with van der Waals surface area (Å²) >= 11 is 30.3. The Hall–Kier alpha value is -0.960.